The highest BCUT2D eigenvalue weighted by molar-refractivity contribution is 6.00. The summed E-state index contributed by atoms with van der Waals surface area (Å²) in [6, 6.07) is 20.6. The summed E-state index contributed by atoms with van der Waals surface area (Å²) in [5.41, 5.74) is 2.94. The molecule has 0 radical (unpaired) electrons. The molecule has 1 N–H and O–H groups in total. The van der Waals surface area contributed by atoms with Gasteiger partial charge in [-0.1, -0.05) is 48.5 Å². The molecule has 0 unspecified atom stereocenters. The topological polar surface area (TPSA) is 77.2 Å². The molecule has 0 atom stereocenters. The van der Waals surface area contributed by atoms with E-state index in [9.17, 15) is 4.79 Å². The zero-order valence-corrected chi connectivity index (χ0v) is 15.8. The number of oxazole rings is 1. The van der Waals surface area contributed by atoms with Gasteiger partial charge in [-0.2, -0.15) is 0 Å². The average Bonchev–Trinajstić information content (AvgIpc) is 3.28. The van der Waals surface area contributed by atoms with Crippen molar-refractivity contribution in [1.29, 1.82) is 0 Å². The zero-order chi connectivity index (χ0) is 20.1. The summed E-state index contributed by atoms with van der Waals surface area (Å²) in [4.78, 5) is 21.3. The van der Waals surface area contributed by atoms with Crippen LogP contribution in [0.3, 0.4) is 0 Å². The lowest BCUT2D eigenvalue weighted by Gasteiger charge is -2.08. The molecule has 4 rings (SSSR count). The molecule has 2 aromatic heterocycles. The maximum absolute atomic E-state index is 12.8. The molecule has 0 bridgehead atoms. The third-order valence-electron chi connectivity index (χ3n) is 4.43. The number of nitrogens with one attached hydrogen (secondary N) is 1. The van der Waals surface area contributed by atoms with Crippen LogP contribution < -0.4 is 10.1 Å². The average molecular weight is 385 g/mol. The molecule has 0 aliphatic heterocycles. The van der Waals surface area contributed by atoms with Crippen LogP contribution >= 0.6 is 0 Å². The van der Waals surface area contributed by atoms with Gasteiger partial charge in [0, 0.05) is 29.9 Å². The molecule has 0 aliphatic rings. The van der Waals surface area contributed by atoms with Crippen LogP contribution in [-0.4, -0.2) is 23.0 Å². The highest BCUT2D eigenvalue weighted by atomic mass is 16.5. The second kappa shape index (κ2) is 8.39. The van der Waals surface area contributed by atoms with Gasteiger partial charge in [-0.15, -0.1) is 0 Å². The number of carbonyl (C=O) groups excluding carboxylic acids is 1. The smallest absolute Gasteiger partial charge is 0.252 e. The van der Waals surface area contributed by atoms with Gasteiger partial charge in [0.25, 0.3) is 5.91 Å². The lowest BCUT2D eigenvalue weighted by molar-refractivity contribution is 0.0951. The van der Waals surface area contributed by atoms with Crippen LogP contribution in [0.15, 0.2) is 83.5 Å². The predicted octanol–water partition coefficient (Wildman–Crippen LogP) is 4.34. The molecule has 144 valence electrons. The van der Waals surface area contributed by atoms with Crippen LogP contribution in [0, 0.1) is 0 Å². The van der Waals surface area contributed by atoms with Crippen molar-refractivity contribution in [2.24, 2.45) is 0 Å². The number of nitrogens with zero attached hydrogens (tertiary/aromatic N) is 2. The van der Waals surface area contributed by atoms with Crippen molar-refractivity contribution in [3.05, 3.63) is 90.3 Å². The van der Waals surface area contributed by atoms with Crippen molar-refractivity contribution in [3.63, 3.8) is 0 Å². The van der Waals surface area contributed by atoms with E-state index in [1.54, 1.807) is 31.6 Å². The molecule has 29 heavy (non-hydrogen) atoms. The van der Waals surface area contributed by atoms with Gasteiger partial charge in [0.05, 0.1) is 18.9 Å². The monoisotopic (exact) mass is 385 g/mol. The van der Waals surface area contributed by atoms with Crippen LogP contribution in [0.4, 0.5) is 0 Å². The zero-order valence-electron chi connectivity index (χ0n) is 15.8. The molecular weight excluding hydrogens is 366 g/mol. The summed E-state index contributed by atoms with van der Waals surface area (Å²) in [6.45, 7) is 0.352. The molecule has 2 aromatic carbocycles. The number of methoxy groups -OCH3 is 1. The van der Waals surface area contributed by atoms with Gasteiger partial charge >= 0.3 is 0 Å². The molecule has 2 heterocycles. The molecule has 4 aromatic rings. The fraction of sp³-hybridized carbons (Fsp3) is 0.0870. The van der Waals surface area contributed by atoms with E-state index in [-0.39, 0.29) is 5.91 Å². The van der Waals surface area contributed by atoms with Crippen LogP contribution in [0.2, 0.25) is 0 Å². The van der Waals surface area contributed by atoms with Gasteiger partial charge in [-0.25, -0.2) is 9.97 Å². The van der Waals surface area contributed by atoms with Crippen molar-refractivity contribution >= 4 is 5.91 Å². The minimum Gasteiger partial charge on any atom is -0.481 e. The summed E-state index contributed by atoms with van der Waals surface area (Å²) in [7, 11) is 1.56. The number of carbonyl (C=O) groups is 1. The molecular formula is C23H19N3O3. The number of ether oxygens (including phenoxy) is 1. The second-order valence-electron chi connectivity index (χ2n) is 6.33. The van der Waals surface area contributed by atoms with Crippen molar-refractivity contribution in [2.45, 2.75) is 6.54 Å². The molecule has 1 amide bonds. The summed E-state index contributed by atoms with van der Waals surface area (Å²) in [5.74, 6) is 1.38. The van der Waals surface area contributed by atoms with Gasteiger partial charge in [0.1, 0.15) is 0 Å². The fourth-order valence-corrected chi connectivity index (χ4v) is 2.92. The number of aromatic nitrogens is 2. The number of rotatable bonds is 6. The van der Waals surface area contributed by atoms with Gasteiger partial charge in [0.15, 0.2) is 5.76 Å². The van der Waals surface area contributed by atoms with Crippen molar-refractivity contribution in [3.8, 4) is 28.7 Å². The van der Waals surface area contributed by atoms with E-state index in [0.29, 0.717) is 35.2 Å². The van der Waals surface area contributed by atoms with Gasteiger partial charge in [-0.05, 0) is 17.7 Å². The van der Waals surface area contributed by atoms with E-state index in [1.165, 1.54) is 0 Å². The van der Waals surface area contributed by atoms with E-state index in [2.05, 4.69) is 15.3 Å². The third-order valence-corrected chi connectivity index (χ3v) is 4.43. The number of hydrogen-bond donors (Lipinski definition) is 1. The van der Waals surface area contributed by atoms with Crippen LogP contribution in [0.25, 0.3) is 22.8 Å². The summed E-state index contributed by atoms with van der Waals surface area (Å²) in [5, 5.41) is 2.91. The van der Waals surface area contributed by atoms with Crippen LogP contribution in [0.1, 0.15) is 15.9 Å². The Labute approximate surface area is 168 Å². The van der Waals surface area contributed by atoms with E-state index in [4.69, 9.17) is 9.15 Å². The molecule has 0 fully saturated rings. The minimum atomic E-state index is -0.212. The van der Waals surface area contributed by atoms with Crippen LogP contribution in [-0.2, 0) is 6.54 Å². The molecule has 6 nitrogen and oxygen atoms in total. The first-order valence-corrected chi connectivity index (χ1v) is 9.12. The first-order valence-electron chi connectivity index (χ1n) is 9.12. The number of hydrogen-bond acceptors (Lipinski definition) is 5. The Balaban J connectivity index is 1.53. The van der Waals surface area contributed by atoms with Crippen LogP contribution in [0.5, 0.6) is 5.88 Å². The third kappa shape index (κ3) is 4.16. The quantitative estimate of drug-likeness (QED) is 0.534. The number of pyridine rings is 1. The summed E-state index contributed by atoms with van der Waals surface area (Å²) < 4.78 is 11.0. The Morgan fingerprint density at radius 2 is 1.76 bits per heavy atom. The first-order chi connectivity index (χ1) is 14.2. The van der Waals surface area contributed by atoms with Gasteiger partial charge in [0.2, 0.25) is 11.8 Å². The normalized spacial score (nSPS) is 10.5. The molecule has 0 aliphatic carbocycles. The summed E-state index contributed by atoms with van der Waals surface area (Å²) in [6.07, 6.45) is 3.34. The largest absolute Gasteiger partial charge is 0.481 e. The Hall–Kier alpha value is -3.93. The Morgan fingerprint density at radius 1 is 0.966 bits per heavy atom. The van der Waals surface area contributed by atoms with Crippen molar-refractivity contribution in [2.75, 3.05) is 7.11 Å². The SMILES string of the molecule is COc1ccc(CNC(=O)c2ccccc2-c2ncc(-c3ccccc3)o2)cn1. The number of benzene rings is 2. The van der Waals surface area contributed by atoms with Gasteiger partial charge < -0.3 is 14.5 Å². The molecule has 6 heteroatoms. The molecule has 0 saturated carbocycles. The van der Waals surface area contributed by atoms with E-state index < -0.39 is 0 Å². The fourth-order valence-electron chi connectivity index (χ4n) is 2.92. The highest BCUT2D eigenvalue weighted by Gasteiger charge is 2.16. The standard InChI is InChI=1S/C23H19N3O3/c1-28-21-12-11-16(13-24-21)14-25-22(27)18-9-5-6-10-19(18)23-26-15-20(29-23)17-7-3-2-4-8-17/h2-13,15H,14H2,1H3,(H,25,27). The lowest BCUT2D eigenvalue weighted by Crippen LogP contribution is -2.23. The predicted molar refractivity (Wildman–Crippen MR) is 109 cm³/mol. The second-order valence-corrected chi connectivity index (χ2v) is 6.33. The first kappa shape index (κ1) is 18.4. The number of amides is 1. The van der Waals surface area contributed by atoms with E-state index >= 15 is 0 Å². The highest BCUT2D eigenvalue weighted by Crippen LogP contribution is 2.28. The maximum Gasteiger partial charge on any atom is 0.252 e. The van der Waals surface area contributed by atoms with Crippen molar-refractivity contribution < 1.29 is 13.9 Å². The molecule has 0 saturated heterocycles. The lowest BCUT2D eigenvalue weighted by atomic mass is 10.1. The Bertz CT molecular complexity index is 1110. The Morgan fingerprint density at radius 3 is 2.52 bits per heavy atom. The summed E-state index contributed by atoms with van der Waals surface area (Å²) >= 11 is 0. The van der Waals surface area contributed by atoms with Crippen molar-refractivity contribution in [1.82, 2.24) is 15.3 Å². The van der Waals surface area contributed by atoms with E-state index in [1.807, 2.05) is 54.6 Å². The molecule has 0 spiro atoms. The minimum absolute atomic E-state index is 0.212. The maximum atomic E-state index is 12.8. The Kier molecular flexibility index (Phi) is 5.33. The van der Waals surface area contributed by atoms with Gasteiger partial charge in [-0.3, -0.25) is 4.79 Å². The van der Waals surface area contributed by atoms with E-state index in [0.717, 1.165) is 11.1 Å².